The number of benzene rings is 1. The Labute approximate surface area is 152 Å². The van der Waals surface area contributed by atoms with Crippen LogP contribution in [-0.2, 0) is 18.7 Å². The number of fused-ring (bicyclic) bond motifs is 1. The lowest BCUT2D eigenvalue weighted by Gasteiger charge is -2.06. The van der Waals surface area contributed by atoms with Crippen LogP contribution in [0.5, 0.6) is 0 Å². The zero-order valence-corrected chi connectivity index (χ0v) is 14.9. The normalized spacial score (nSPS) is 11.2. The van der Waals surface area contributed by atoms with Crippen molar-refractivity contribution < 1.29 is 0 Å². The number of nitrogens with zero attached hydrogens (tertiary/aromatic N) is 4. The van der Waals surface area contributed by atoms with Crippen LogP contribution >= 0.6 is 23.1 Å². The third-order valence-electron chi connectivity index (χ3n) is 3.76. The number of aromatic nitrogens is 5. The number of para-hydroxylation sites is 1. The fourth-order valence-corrected chi connectivity index (χ4v) is 4.04. The molecule has 4 rings (SSSR count). The van der Waals surface area contributed by atoms with E-state index in [1.54, 1.807) is 23.7 Å². The predicted molar refractivity (Wildman–Crippen MR) is 100.0 cm³/mol. The highest BCUT2D eigenvalue weighted by Gasteiger charge is 2.09. The number of thiophene rings is 1. The molecule has 8 heteroatoms. The van der Waals surface area contributed by atoms with E-state index in [1.807, 2.05) is 22.8 Å². The molecule has 0 aliphatic carbocycles. The van der Waals surface area contributed by atoms with E-state index >= 15 is 0 Å². The van der Waals surface area contributed by atoms with E-state index < -0.39 is 0 Å². The molecule has 3 aromatic heterocycles. The Morgan fingerprint density at radius 2 is 2.12 bits per heavy atom. The molecule has 0 aliphatic heterocycles. The quantitative estimate of drug-likeness (QED) is 0.529. The molecule has 0 unspecified atom stereocenters. The summed E-state index contributed by atoms with van der Waals surface area (Å²) >= 11 is 3.27. The monoisotopic (exact) mass is 369 g/mol. The summed E-state index contributed by atoms with van der Waals surface area (Å²) in [7, 11) is 0. The summed E-state index contributed by atoms with van der Waals surface area (Å²) < 4.78 is 2.03. The van der Waals surface area contributed by atoms with Gasteiger partial charge in [0.2, 0.25) is 0 Å². The van der Waals surface area contributed by atoms with Crippen molar-refractivity contribution in [3.63, 3.8) is 0 Å². The fourth-order valence-electron chi connectivity index (χ4n) is 2.53. The van der Waals surface area contributed by atoms with E-state index in [4.69, 9.17) is 0 Å². The maximum absolute atomic E-state index is 12.1. The van der Waals surface area contributed by atoms with Crippen molar-refractivity contribution in [3.8, 4) is 0 Å². The molecule has 0 fully saturated rings. The van der Waals surface area contributed by atoms with Gasteiger partial charge in [-0.3, -0.25) is 4.79 Å². The van der Waals surface area contributed by atoms with Gasteiger partial charge in [-0.05, 0) is 30.0 Å². The standard InChI is InChI=1S/C17H15N5OS2/c23-16-13-5-1-2-6-14(13)19-15(20-16)10-25-17-21-18-11-22(17)8-7-12-4-3-9-24-12/h1-6,9,11H,7-8,10H2,(H,19,20,23). The molecule has 126 valence electrons. The van der Waals surface area contributed by atoms with E-state index in [-0.39, 0.29) is 5.56 Å². The molecule has 0 radical (unpaired) electrons. The molecule has 1 aromatic carbocycles. The third-order valence-corrected chi connectivity index (χ3v) is 5.69. The number of aromatic amines is 1. The Hall–Kier alpha value is -2.45. The van der Waals surface area contributed by atoms with Crippen molar-refractivity contribution in [3.05, 3.63) is 69.2 Å². The molecule has 0 saturated carbocycles. The number of thioether (sulfide) groups is 1. The van der Waals surface area contributed by atoms with Gasteiger partial charge in [0.05, 0.1) is 16.7 Å². The molecule has 3 heterocycles. The van der Waals surface area contributed by atoms with Gasteiger partial charge in [-0.1, -0.05) is 30.0 Å². The second kappa shape index (κ2) is 7.20. The first-order chi connectivity index (χ1) is 12.3. The van der Waals surface area contributed by atoms with Gasteiger partial charge in [0.25, 0.3) is 5.56 Å². The average molecular weight is 369 g/mol. The first-order valence-electron chi connectivity index (χ1n) is 7.80. The number of hydrogen-bond donors (Lipinski definition) is 1. The molecule has 1 N–H and O–H groups in total. The molecular formula is C17H15N5OS2. The molecule has 25 heavy (non-hydrogen) atoms. The van der Waals surface area contributed by atoms with Crippen LogP contribution in [0.4, 0.5) is 0 Å². The highest BCUT2D eigenvalue weighted by Crippen LogP contribution is 2.20. The number of rotatable bonds is 6. The first kappa shape index (κ1) is 16.0. The van der Waals surface area contributed by atoms with Crippen LogP contribution in [0.2, 0.25) is 0 Å². The minimum Gasteiger partial charge on any atom is -0.309 e. The predicted octanol–water partition coefficient (Wildman–Crippen LogP) is 3.11. The SMILES string of the molecule is O=c1[nH]c(CSc2nncn2CCc2cccs2)nc2ccccc12. The lowest BCUT2D eigenvalue weighted by atomic mass is 10.2. The van der Waals surface area contributed by atoms with Crippen LogP contribution in [0, 0.1) is 0 Å². The second-order valence-electron chi connectivity index (χ2n) is 5.45. The summed E-state index contributed by atoms with van der Waals surface area (Å²) in [6.07, 6.45) is 2.70. The van der Waals surface area contributed by atoms with E-state index in [0.717, 1.165) is 18.1 Å². The van der Waals surface area contributed by atoms with E-state index in [9.17, 15) is 4.79 Å². The van der Waals surface area contributed by atoms with Crippen LogP contribution in [0.3, 0.4) is 0 Å². The number of H-pyrrole nitrogens is 1. The Balaban J connectivity index is 1.47. The van der Waals surface area contributed by atoms with Gasteiger partial charge >= 0.3 is 0 Å². The molecule has 0 amide bonds. The average Bonchev–Trinajstić information content (AvgIpc) is 3.30. The van der Waals surface area contributed by atoms with E-state index in [2.05, 4.69) is 37.7 Å². The van der Waals surface area contributed by atoms with Gasteiger partial charge < -0.3 is 9.55 Å². The maximum atomic E-state index is 12.1. The lowest BCUT2D eigenvalue weighted by Crippen LogP contribution is -2.11. The third kappa shape index (κ3) is 3.64. The Morgan fingerprint density at radius 3 is 3.00 bits per heavy atom. The van der Waals surface area contributed by atoms with Gasteiger partial charge in [-0.15, -0.1) is 21.5 Å². The van der Waals surface area contributed by atoms with Gasteiger partial charge in [0.1, 0.15) is 12.2 Å². The fraction of sp³-hybridized carbons (Fsp3) is 0.176. The van der Waals surface area contributed by atoms with Crippen molar-refractivity contribution in [2.24, 2.45) is 0 Å². The number of nitrogens with one attached hydrogen (secondary N) is 1. The number of hydrogen-bond acceptors (Lipinski definition) is 6. The van der Waals surface area contributed by atoms with Gasteiger partial charge in [0.15, 0.2) is 5.16 Å². The summed E-state index contributed by atoms with van der Waals surface area (Å²) in [5, 5.41) is 11.7. The molecule has 0 aliphatic rings. The summed E-state index contributed by atoms with van der Waals surface area (Å²) in [4.78, 5) is 20.8. The van der Waals surface area contributed by atoms with Crippen LogP contribution in [0.25, 0.3) is 10.9 Å². The smallest absolute Gasteiger partial charge is 0.258 e. The zero-order chi connectivity index (χ0) is 17.1. The number of aryl methyl sites for hydroxylation is 2. The van der Waals surface area contributed by atoms with E-state index in [0.29, 0.717) is 22.5 Å². The minimum atomic E-state index is -0.111. The maximum Gasteiger partial charge on any atom is 0.258 e. The van der Waals surface area contributed by atoms with Crippen molar-refractivity contribution in [1.82, 2.24) is 24.7 Å². The largest absolute Gasteiger partial charge is 0.309 e. The molecule has 0 saturated heterocycles. The zero-order valence-electron chi connectivity index (χ0n) is 13.3. The molecule has 0 bridgehead atoms. The summed E-state index contributed by atoms with van der Waals surface area (Å²) in [6.45, 7) is 0.831. The Bertz CT molecular complexity index is 1040. The first-order valence-corrected chi connectivity index (χ1v) is 9.67. The van der Waals surface area contributed by atoms with Crippen molar-refractivity contribution >= 4 is 34.0 Å². The van der Waals surface area contributed by atoms with Crippen molar-refractivity contribution in [1.29, 1.82) is 0 Å². The molecular weight excluding hydrogens is 354 g/mol. The molecule has 0 spiro atoms. The van der Waals surface area contributed by atoms with Crippen LogP contribution < -0.4 is 5.56 Å². The van der Waals surface area contributed by atoms with Gasteiger partial charge in [-0.25, -0.2) is 4.98 Å². The van der Waals surface area contributed by atoms with Gasteiger partial charge in [0, 0.05) is 11.4 Å². The van der Waals surface area contributed by atoms with Crippen LogP contribution in [0.1, 0.15) is 10.7 Å². The Morgan fingerprint density at radius 1 is 1.20 bits per heavy atom. The van der Waals surface area contributed by atoms with Crippen LogP contribution in [-0.4, -0.2) is 24.7 Å². The van der Waals surface area contributed by atoms with Gasteiger partial charge in [-0.2, -0.15) is 0 Å². The molecule has 4 aromatic rings. The van der Waals surface area contributed by atoms with Crippen molar-refractivity contribution in [2.45, 2.75) is 23.9 Å². The highest BCUT2D eigenvalue weighted by molar-refractivity contribution is 7.98. The molecule has 6 nitrogen and oxygen atoms in total. The molecule has 0 atom stereocenters. The highest BCUT2D eigenvalue weighted by atomic mass is 32.2. The summed E-state index contributed by atoms with van der Waals surface area (Å²) in [5.74, 6) is 1.18. The summed E-state index contributed by atoms with van der Waals surface area (Å²) in [5.41, 5.74) is 0.598. The van der Waals surface area contributed by atoms with Crippen molar-refractivity contribution in [2.75, 3.05) is 0 Å². The van der Waals surface area contributed by atoms with Crippen LogP contribution in [0.15, 0.2) is 58.1 Å². The lowest BCUT2D eigenvalue weighted by molar-refractivity contribution is 0.637. The second-order valence-corrected chi connectivity index (χ2v) is 7.43. The van der Waals surface area contributed by atoms with E-state index in [1.165, 1.54) is 16.6 Å². The minimum absolute atomic E-state index is 0.111. The summed E-state index contributed by atoms with van der Waals surface area (Å²) in [6, 6.07) is 11.5. The topological polar surface area (TPSA) is 76.5 Å². The Kier molecular flexibility index (Phi) is 4.62.